The van der Waals surface area contributed by atoms with Gasteiger partial charge < -0.3 is 15.0 Å². The maximum atomic E-state index is 14.6. The number of halogens is 3. The normalized spacial score (nSPS) is 26.8. The van der Waals surface area contributed by atoms with Gasteiger partial charge in [0.15, 0.2) is 0 Å². The Morgan fingerprint density at radius 1 is 1.03 bits per heavy atom. The van der Waals surface area contributed by atoms with Gasteiger partial charge in [0.05, 0.1) is 7.11 Å². The van der Waals surface area contributed by atoms with Crippen LogP contribution in [0.4, 0.5) is 13.2 Å². The summed E-state index contributed by atoms with van der Waals surface area (Å²) >= 11 is 0. The Morgan fingerprint density at radius 2 is 1.57 bits per heavy atom. The molecular weight excluding hydrogens is 401 g/mol. The van der Waals surface area contributed by atoms with E-state index in [1.807, 2.05) is 5.32 Å². The first-order chi connectivity index (χ1) is 14.1. The van der Waals surface area contributed by atoms with Gasteiger partial charge in [0, 0.05) is 17.7 Å². The lowest BCUT2D eigenvalue weighted by atomic mass is 9.85. The number of hydrogen-bond donors (Lipinski definition) is 1. The highest BCUT2D eigenvalue weighted by atomic mass is 19.4. The van der Waals surface area contributed by atoms with Crippen molar-refractivity contribution in [1.29, 1.82) is 0 Å². The van der Waals surface area contributed by atoms with E-state index in [9.17, 15) is 27.6 Å². The van der Waals surface area contributed by atoms with Gasteiger partial charge in [-0.05, 0) is 32.6 Å². The summed E-state index contributed by atoms with van der Waals surface area (Å²) in [6.07, 6.45) is 1.82. The molecule has 0 aromatic rings. The largest absolute Gasteiger partial charge is 0.466 e. The molecule has 0 bridgehead atoms. The zero-order chi connectivity index (χ0) is 22.1. The minimum atomic E-state index is -5.19. The van der Waals surface area contributed by atoms with Gasteiger partial charge in [0.2, 0.25) is 11.4 Å². The van der Waals surface area contributed by atoms with Crippen molar-refractivity contribution in [2.45, 2.75) is 88.9 Å². The first-order valence-corrected chi connectivity index (χ1v) is 10.7. The predicted octanol–water partition coefficient (Wildman–Crippen LogP) is 3.61. The van der Waals surface area contributed by atoms with Crippen LogP contribution in [0, 0.1) is 5.92 Å². The number of ether oxygens (including phenoxy) is 1. The summed E-state index contributed by atoms with van der Waals surface area (Å²) in [7, 11) is 0.973. The molecule has 30 heavy (non-hydrogen) atoms. The maximum absolute atomic E-state index is 14.6. The molecule has 168 valence electrons. The molecule has 1 atom stereocenters. The number of carbonyl (C=O) groups is 3. The number of allylic oxidation sites excluding steroid dienone is 1. The van der Waals surface area contributed by atoms with Gasteiger partial charge >= 0.3 is 12.1 Å². The number of methoxy groups -OCH3 is 1. The number of nitrogens with one attached hydrogen (secondary N) is 1. The zero-order valence-corrected chi connectivity index (χ0v) is 17.4. The summed E-state index contributed by atoms with van der Waals surface area (Å²) in [5.41, 5.74) is -4.31. The summed E-state index contributed by atoms with van der Waals surface area (Å²) in [4.78, 5) is 39.8. The van der Waals surface area contributed by atoms with Crippen LogP contribution < -0.4 is 5.32 Å². The van der Waals surface area contributed by atoms with Crippen molar-refractivity contribution in [1.82, 2.24) is 10.2 Å². The van der Waals surface area contributed by atoms with Crippen LogP contribution in [-0.4, -0.2) is 47.6 Å². The average Bonchev–Trinajstić information content (AvgIpc) is 2.95. The van der Waals surface area contributed by atoms with E-state index in [4.69, 9.17) is 0 Å². The van der Waals surface area contributed by atoms with Crippen LogP contribution >= 0.6 is 0 Å². The van der Waals surface area contributed by atoms with Crippen molar-refractivity contribution in [2.24, 2.45) is 5.92 Å². The molecule has 2 fully saturated rings. The van der Waals surface area contributed by atoms with Crippen LogP contribution in [0.2, 0.25) is 0 Å². The van der Waals surface area contributed by atoms with Crippen molar-refractivity contribution >= 4 is 17.8 Å². The molecule has 0 unspecified atom stereocenters. The third kappa shape index (κ3) is 3.71. The summed E-state index contributed by atoms with van der Waals surface area (Å²) in [5, 5.41) is 2.00. The molecule has 2 saturated carbocycles. The van der Waals surface area contributed by atoms with E-state index in [0.717, 1.165) is 50.5 Å². The van der Waals surface area contributed by atoms with Gasteiger partial charge in [-0.2, -0.15) is 13.2 Å². The fourth-order valence-corrected chi connectivity index (χ4v) is 5.11. The number of hydrogen-bond acceptors (Lipinski definition) is 4. The standard InChI is InChI=1S/C21H29F3N2O4/c1-13-16(18(28)30-2)20(21(22,23)24,25-17(27)14-9-5-3-6-10-14)19(29)26(13)15-11-7-4-8-12-15/h14-15H,3-12H2,1-2H3,(H,25,27)/t20-/m1/s1. The fraction of sp³-hybridized carbons (Fsp3) is 0.762. The number of rotatable bonds is 4. The summed E-state index contributed by atoms with van der Waals surface area (Å²) < 4.78 is 48.3. The molecule has 0 aromatic carbocycles. The molecule has 0 radical (unpaired) electrons. The van der Waals surface area contributed by atoms with E-state index < -0.39 is 47.0 Å². The second-order valence-corrected chi connectivity index (χ2v) is 8.49. The van der Waals surface area contributed by atoms with Crippen molar-refractivity contribution < 1.29 is 32.3 Å². The van der Waals surface area contributed by atoms with Gasteiger partial charge in [-0.15, -0.1) is 0 Å². The van der Waals surface area contributed by atoms with Gasteiger partial charge in [-0.1, -0.05) is 38.5 Å². The Balaban J connectivity index is 2.07. The molecule has 6 nitrogen and oxygen atoms in total. The summed E-state index contributed by atoms with van der Waals surface area (Å²) in [6.45, 7) is 1.33. The van der Waals surface area contributed by atoms with Gasteiger partial charge in [-0.25, -0.2) is 4.79 Å². The number of amides is 2. The van der Waals surface area contributed by atoms with Crippen molar-refractivity contribution in [3.63, 3.8) is 0 Å². The molecule has 3 rings (SSSR count). The summed E-state index contributed by atoms with van der Waals surface area (Å²) in [6, 6.07) is -0.429. The Labute approximate surface area is 174 Å². The Kier molecular flexibility index (Phi) is 6.48. The molecule has 9 heteroatoms. The summed E-state index contributed by atoms with van der Waals surface area (Å²) in [5.74, 6) is -3.99. The van der Waals surface area contributed by atoms with Crippen LogP contribution in [0.25, 0.3) is 0 Å². The smallest absolute Gasteiger partial charge is 0.425 e. The minimum absolute atomic E-state index is 0.0833. The second kappa shape index (κ2) is 8.59. The van der Waals surface area contributed by atoms with E-state index in [2.05, 4.69) is 4.74 Å². The van der Waals surface area contributed by atoms with Crippen LogP contribution in [0.15, 0.2) is 11.3 Å². The van der Waals surface area contributed by atoms with Crippen molar-refractivity contribution in [3.05, 3.63) is 11.3 Å². The van der Waals surface area contributed by atoms with Crippen LogP contribution in [0.3, 0.4) is 0 Å². The average molecular weight is 430 g/mol. The monoisotopic (exact) mass is 430 g/mol. The molecule has 3 aliphatic rings. The Bertz CT molecular complexity index is 737. The zero-order valence-electron chi connectivity index (χ0n) is 17.4. The lowest BCUT2D eigenvalue weighted by Gasteiger charge is -2.37. The predicted molar refractivity (Wildman–Crippen MR) is 102 cm³/mol. The highest BCUT2D eigenvalue weighted by Gasteiger charge is 2.71. The minimum Gasteiger partial charge on any atom is -0.466 e. The van der Waals surface area contributed by atoms with Crippen LogP contribution in [-0.2, 0) is 19.1 Å². The molecular formula is C21H29F3N2O4. The van der Waals surface area contributed by atoms with Crippen molar-refractivity contribution in [3.8, 4) is 0 Å². The second-order valence-electron chi connectivity index (χ2n) is 8.49. The molecule has 0 aromatic heterocycles. The van der Waals surface area contributed by atoms with Gasteiger partial charge in [0.1, 0.15) is 5.57 Å². The molecule has 2 aliphatic carbocycles. The maximum Gasteiger partial charge on any atom is 0.425 e. The molecule has 1 aliphatic heterocycles. The lowest BCUT2D eigenvalue weighted by molar-refractivity contribution is -0.197. The lowest BCUT2D eigenvalue weighted by Crippen LogP contribution is -2.67. The number of nitrogens with zero attached hydrogens (tertiary/aromatic N) is 1. The fourth-order valence-electron chi connectivity index (χ4n) is 5.11. The van der Waals surface area contributed by atoms with E-state index in [0.29, 0.717) is 25.7 Å². The van der Waals surface area contributed by atoms with Gasteiger partial charge in [0.25, 0.3) is 5.91 Å². The highest BCUT2D eigenvalue weighted by molar-refractivity contribution is 6.10. The van der Waals surface area contributed by atoms with E-state index in [1.165, 1.54) is 6.92 Å². The SMILES string of the molecule is COC(=O)C1=C(C)N(C2CCCCC2)C(=O)[C@@]1(NC(=O)C1CCCCC1)C(F)(F)F. The molecule has 1 heterocycles. The third-order valence-corrected chi connectivity index (χ3v) is 6.68. The topological polar surface area (TPSA) is 75.7 Å². The third-order valence-electron chi connectivity index (χ3n) is 6.68. The first-order valence-electron chi connectivity index (χ1n) is 10.7. The molecule has 0 spiro atoms. The number of esters is 1. The Morgan fingerprint density at radius 3 is 2.07 bits per heavy atom. The van der Waals surface area contributed by atoms with Crippen molar-refractivity contribution in [2.75, 3.05) is 7.11 Å². The van der Waals surface area contributed by atoms with E-state index in [-0.39, 0.29) is 5.70 Å². The molecule has 0 saturated heterocycles. The molecule has 2 amide bonds. The van der Waals surface area contributed by atoms with Crippen LogP contribution in [0.1, 0.15) is 71.1 Å². The van der Waals surface area contributed by atoms with Crippen LogP contribution in [0.5, 0.6) is 0 Å². The quantitative estimate of drug-likeness (QED) is 0.692. The molecule has 1 N–H and O–H groups in total. The highest BCUT2D eigenvalue weighted by Crippen LogP contribution is 2.47. The first kappa shape index (κ1) is 22.6. The number of carbonyl (C=O) groups excluding carboxylic acids is 3. The Hall–Kier alpha value is -2.06. The van der Waals surface area contributed by atoms with Gasteiger partial charge in [-0.3, -0.25) is 9.59 Å². The van der Waals surface area contributed by atoms with E-state index >= 15 is 0 Å². The number of alkyl halides is 3. The van der Waals surface area contributed by atoms with E-state index in [1.54, 1.807) is 0 Å².